The molecule has 0 unspecified atom stereocenters. The topological polar surface area (TPSA) is 118 Å². The molecule has 7 nitrogen and oxygen atoms in total. The van der Waals surface area contributed by atoms with E-state index in [-0.39, 0.29) is 22.5 Å². The van der Waals surface area contributed by atoms with Crippen LogP contribution in [0.15, 0.2) is 47.4 Å². The summed E-state index contributed by atoms with van der Waals surface area (Å²) in [6.07, 6.45) is 0. The molecule has 0 heterocycles. The third kappa shape index (κ3) is 6.36. The maximum absolute atomic E-state index is 12.3. The highest BCUT2D eigenvalue weighted by Gasteiger charge is 2.17. The van der Waals surface area contributed by atoms with Gasteiger partial charge in [0.25, 0.3) is 0 Å². The van der Waals surface area contributed by atoms with E-state index in [4.69, 9.17) is 5.14 Å². The molecular formula is C19H23N3O4S2. The van der Waals surface area contributed by atoms with Gasteiger partial charge in [-0.25, -0.2) is 13.6 Å². The van der Waals surface area contributed by atoms with E-state index in [0.29, 0.717) is 16.9 Å². The van der Waals surface area contributed by atoms with Crippen molar-refractivity contribution in [1.29, 1.82) is 0 Å². The van der Waals surface area contributed by atoms with Crippen LogP contribution in [0, 0.1) is 13.8 Å². The average Bonchev–Trinajstić information content (AvgIpc) is 2.62. The Morgan fingerprint density at radius 3 is 2.25 bits per heavy atom. The Balaban J connectivity index is 1.90. The quantitative estimate of drug-likeness (QED) is 0.635. The molecule has 2 aromatic rings. The van der Waals surface area contributed by atoms with E-state index in [2.05, 4.69) is 10.6 Å². The molecule has 2 aromatic carbocycles. The SMILES string of the molecule is Cc1ccc(NC(=O)CS[C@@H](C)C(=O)Nc2ccc(C)c(S(N)(=O)=O)c2)cc1. The first-order valence-electron chi connectivity index (χ1n) is 8.48. The van der Waals surface area contributed by atoms with Crippen molar-refractivity contribution in [2.75, 3.05) is 16.4 Å². The van der Waals surface area contributed by atoms with Crippen molar-refractivity contribution in [2.24, 2.45) is 5.14 Å². The van der Waals surface area contributed by atoms with Gasteiger partial charge in [0.2, 0.25) is 21.8 Å². The Bertz CT molecular complexity index is 973. The number of anilines is 2. The molecule has 0 aromatic heterocycles. The molecular weight excluding hydrogens is 398 g/mol. The van der Waals surface area contributed by atoms with Crippen LogP contribution in [-0.2, 0) is 19.6 Å². The van der Waals surface area contributed by atoms with Crippen LogP contribution in [0.4, 0.5) is 11.4 Å². The normalized spacial score (nSPS) is 12.3. The molecule has 1 atom stereocenters. The Kier molecular flexibility index (Phi) is 7.22. The zero-order valence-corrected chi connectivity index (χ0v) is 17.5. The number of carbonyl (C=O) groups excluding carboxylic acids is 2. The number of hydrogen-bond donors (Lipinski definition) is 3. The highest BCUT2D eigenvalue weighted by Crippen LogP contribution is 2.20. The molecule has 2 amide bonds. The zero-order chi connectivity index (χ0) is 20.9. The maximum atomic E-state index is 12.3. The standard InChI is InChI=1S/C19H23N3O4S2/c1-12-4-7-15(8-5-12)21-18(23)11-27-14(3)19(24)22-16-9-6-13(2)17(10-16)28(20,25)26/h4-10,14H,11H2,1-3H3,(H,21,23)(H,22,24)(H2,20,25,26)/t14-/m0/s1. The minimum atomic E-state index is -3.88. The van der Waals surface area contributed by atoms with Crippen molar-refractivity contribution >= 4 is 45.0 Å². The molecule has 28 heavy (non-hydrogen) atoms. The Morgan fingerprint density at radius 2 is 1.64 bits per heavy atom. The third-order valence-corrected chi connectivity index (χ3v) is 6.13. The summed E-state index contributed by atoms with van der Waals surface area (Å²) in [4.78, 5) is 24.3. The average molecular weight is 422 g/mol. The van der Waals surface area contributed by atoms with Crippen molar-refractivity contribution in [3.63, 3.8) is 0 Å². The number of nitrogens with one attached hydrogen (secondary N) is 2. The van der Waals surface area contributed by atoms with Crippen molar-refractivity contribution in [3.05, 3.63) is 53.6 Å². The number of sulfonamides is 1. The second-order valence-electron chi connectivity index (χ2n) is 6.38. The van der Waals surface area contributed by atoms with Crippen LogP contribution >= 0.6 is 11.8 Å². The van der Waals surface area contributed by atoms with Gasteiger partial charge in [0.1, 0.15) is 0 Å². The van der Waals surface area contributed by atoms with Gasteiger partial charge < -0.3 is 10.6 Å². The van der Waals surface area contributed by atoms with Gasteiger partial charge in [-0.05, 0) is 50.6 Å². The van der Waals surface area contributed by atoms with E-state index in [9.17, 15) is 18.0 Å². The second-order valence-corrected chi connectivity index (χ2v) is 9.24. The van der Waals surface area contributed by atoms with E-state index in [1.165, 1.54) is 17.8 Å². The van der Waals surface area contributed by atoms with Crippen molar-refractivity contribution in [2.45, 2.75) is 30.9 Å². The van der Waals surface area contributed by atoms with Gasteiger partial charge >= 0.3 is 0 Å². The van der Waals surface area contributed by atoms with Crippen molar-refractivity contribution in [1.82, 2.24) is 0 Å². The van der Waals surface area contributed by atoms with Crippen LogP contribution in [-0.4, -0.2) is 31.2 Å². The number of amides is 2. The van der Waals surface area contributed by atoms with E-state index in [1.54, 1.807) is 26.0 Å². The van der Waals surface area contributed by atoms with Gasteiger partial charge in [-0.2, -0.15) is 0 Å². The Hall–Kier alpha value is -2.36. The maximum Gasteiger partial charge on any atom is 0.238 e. The fourth-order valence-corrected chi connectivity index (χ4v) is 3.83. The van der Waals surface area contributed by atoms with E-state index in [1.807, 2.05) is 31.2 Å². The number of benzene rings is 2. The molecule has 150 valence electrons. The number of hydrogen-bond acceptors (Lipinski definition) is 5. The van der Waals surface area contributed by atoms with Gasteiger partial charge in [-0.3, -0.25) is 9.59 Å². The first-order valence-corrected chi connectivity index (χ1v) is 11.1. The lowest BCUT2D eigenvalue weighted by Gasteiger charge is -2.13. The molecule has 2 rings (SSSR count). The predicted molar refractivity (Wildman–Crippen MR) is 113 cm³/mol. The summed E-state index contributed by atoms with van der Waals surface area (Å²) in [7, 11) is -3.88. The van der Waals surface area contributed by atoms with Gasteiger partial charge in [-0.1, -0.05) is 23.8 Å². The van der Waals surface area contributed by atoms with Crippen LogP contribution in [0.2, 0.25) is 0 Å². The van der Waals surface area contributed by atoms with Crippen LogP contribution in [0.3, 0.4) is 0 Å². The zero-order valence-electron chi connectivity index (χ0n) is 15.9. The van der Waals surface area contributed by atoms with Gasteiger partial charge in [0.05, 0.1) is 15.9 Å². The van der Waals surface area contributed by atoms with Crippen LogP contribution in [0.1, 0.15) is 18.1 Å². The van der Waals surface area contributed by atoms with Crippen molar-refractivity contribution in [3.8, 4) is 0 Å². The fraction of sp³-hybridized carbons (Fsp3) is 0.263. The first kappa shape index (κ1) is 21.9. The highest BCUT2D eigenvalue weighted by atomic mass is 32.2. The summed E-state index contributed by atoms with van der Waals surface area (Å²) in [5.74, 6) is -0.434. The van der Waals surface area contributed by atoms with Gasteiger partial charge in [0, 0.05) is 11.4 Å². The molecule has 0 fully saturated rings. The molecule has 0 bridgehead atoms. The highest BCUT2D eigenvalue weighted by molar-refractivity contribution is 8.01. The van der Waals surface area contributed by atoms with E-state index in [0.717, 1.165) is 5.56 Å². The molecule has 0 radical (unpaired) electrons. The molecule has 0 spiro atoms. The summed E-state index contributed by atoms with van der Waals surface area (Å²) < 4.78 is 23.2. The molecule has 0 saturated carbocycles. The number of carbonyl (C=O) groups is 2. The largest absolute Gasteiger partial charge is 0.325 e. The third-order valence-electron chi connectivity index (χ3n) is 3.93. The van der Waals surface area contributed by atoms with E-state index >= 15 is 0 Å². The number of thioether (sulfide) groups is 1. The number of nitrogens with two attached hydrogens (primary N) is 1. The predicted octanol–water partition coefficient (Wildman–Crippen LogP) is 2.65. The molecule has 0 aliphatic rings. The Labute approximate surface area is 169 Å². The summed E-state index contributed by atoms with van der Waals surface area (Å²) in [6.45, 7) is 5.26. The van der Waals surface area contributed by atoms with Crippen LogP contribution < -0.4 is 15.8 Å². The number of primary sulfonamides is 1. The summed E-state index contributed by atoms with van der Waals surface area (Å²) in [5, 5.41) is 10.1. The Morgan fingerprint density at radius 1 is 1.04 bits per heavy atom. The number of rotatable bonds is 7. The lowest BCUT2D eigenvalue weighted by atomic mass is 10.2. The van der Waals surface area contributed by atoms with Crippen LogP contribution in [0.5, 0.6) is 0 Å². The minimum absolute atomic E-state index is 0.0388. The lowest BCUT2D eigenvalue weighted by molar-refractivity contribution is -0.115. The summed E-state index contributed by atoms with van der Waals surface area (Å²) >= 11 is 1.18. The van der Waals surface area contributed by atoms with Crippen molar-refractivity contribution < 1.29 is 18.0 Å². The van der Waals surface area contributed by atoms with E-state index < -0.39 is 15.3 Å². The number of aryl methyl sites for hydroxylation is 2. The summed E-state index contributed by atoms with van der Waals surface area (Å²) in [6, 6.07) is 11.9. The molecule has 9 heteroatoms. The molecule has 0 aliphatic heterocycles. The minimum Gasteiger partial charge on any atom is -0.325 e. The lowest BCUT2D eigenvalue weighted by Crippen LogP contribution is -2.25. The molecule has 0 aliphatic carbocycles. The smallest absolute Gasteiger partial charge is 0.238 e. The van der Waals surface area contributed by atoms with Crippen LogP contribution in [0.25, 0.3) is 0 Å². The van der Waals surface area contributed by atoms with Gasteiger partial charge in [0.15, 0.2) is 0 Å². The fourth-order valence-electron chi connectivity index (χ4n) is 2.34. The molecule has 4 N–H and O–H groups in total. The monoisotopic (exact) mass is 421 g/mol. The second kappa shape index (κ2) is 9.22. The van der Waals surface area contributed by atoms with Gasteiger partial charge in [-0.15, -0.1) is 11.8 Å². The first-order chi connectivity index (χ1) is 13.1. The summed E-state index contributed by atoms with van der Waals surface area (Å²) in [5.41, 5.74) is 2.62. The molecule has 0 saturated heterocycles.